The Morgan fingerprint density at radius 2 is 1.11 bits per heavy atom. The molecule has 2 aromatic rings. The van der Waals surface area contributed by atoms with E-state index in [0.717, 1.165) is 29.7 Å². The fraction of sp³-hybridized carbons (Fsp3) is 0.619. The zero-order valence-corrected chi connectivity index (χ0v) is 36.0. The highest BCUT2D eigenvalue weighted by Gasteiger charge is 2.44. The maximum Gasteiger partial charge on any atom is 0.412 e. The van der Waals surface area contributed by atoms with Gasteiger partial charge in [-0.3, -0.25) is 9.80 Å². The van der Waals surface area contributed by atoms with Gasteiger partial charge in [0.15, 0.2) is 12.5 Å². The number of benzene rings is 2. The molecule has 2 heterocycles. The summed E-state index contributed by atoms with van der Waals surface area (Å²) < 4.78 is 39.7. The molecular formula is C42H62N2O13. The Kier molecular flexibility index (Phi) is 20.5. The summed E-state index contributed by atoms with van der Waals surface area (Å²) in [6, 6.07) is 11.3. The molecule has 2 aromatic carbocycles. The Hall–Kier alpha value is -4.94. The lowest BCUT2D eigenvalue weighted by atomic mass is 10.0. The van der Waals surface area contributed by atoms with Crippen molar-refractivity contribution in [1.82, 2.24) is 9.80 Å². The van der Waals surface area contributed by atoms with Crippen molar-refractivity contribution in [3.63, 3.8) is 0 Å². The average molecular weight is 803 g/mol. The molecule has 2 saturated heterocycles. The normalized spacial score (nSPS) is 18.7. The molecule has 2 aliphatic rings. The molecular weight excluding hydrogens is 740 g/mol. The van der Waals surface area contributed by atoms with Gasteiger partial charge < -0.3 is 33.2 Å². The van der Waals surface area contributed by atoms with Crippen LogP contribution in [0, 0.1) is 18.8 Å². The van der Waals surface area contributed by atoms with Crippen LogP contribution in [0.1, 0.15) is 111 Å². The van der Waals surface area contributed by atoms with Gasteiger partial charge in [-0.05, 0) is 103 Å². The van der Waals surface area contributed by atoms with E-state index in [4.69, 9.17) is 52.3 Å². The van der Waals surface area contributed by atoms with Gasteiger partial charge in [-0.15, -0.1) is 0 Å². The second-order valence-electron chi connectivity index (χ2n) is 16.2. The highest BCUT2D eigenvalue weighted by molar-refractivity contribution is 5.70. The Balaban J connectivity index is 0.000000501. The lowest BCUT2D eigenvalue weighted by Gasteiger charge is -2.32. The highest BCUT2D eigenvalue weighted by atomic mass is 16.6. The van der Waals surface area contributed by atoms with Crippen LogP contribution in [0.3, 0.4) is 0 Å². The Bertz CT molecular complexity index is 1600. The summed E-state index contributed by atoms with van der Waals surface area (Å²) in [5.41, 5.74) is 1.58. The molecule has 2 aliphatic heterocycles. The van der Waals surface area contributed by atoms with Crippen molar-refractivity contribution in [3.8, 4) is 17.2 Å². The number of methoxy groups -OCH3 is 3. The third-order valence-electron chi connectivity index (χ3n) is 8.34. The zero-order valence-electron chi connectivity index (χ0n) is 36.0. The molecule has 2 fully saturated rings. The van der Waals surface area contributed by atoms with Gasteiger partial charge >= 0.3 is 24.5 Å². The first-order chi connectivity index (χ1) is 26.6. The molecule has 0 aromatic heterocycles. The topological polar surface area (TPSA) is 174 Å². The summed E-state index contributed by atoms with van der Waals surface area (Å²) in [6.45, 7) is 22.8. The summed E-state index contributed by atoms with van der Waals surface area (Å²) in [5.74, 6) is 2.92. The molecule has 4 unspecified atom stereocenters. The summed E-state index contributed by atoms with van der Waals surface area (Å²) in [7, 11) is 4.83. The van der Waals surface area contributed by atoms with Crippen LogP contribution in [0.15, 0.2) is 36.4 Å². The number of amides is 2. The molecule has 0 radical (unpaired) electrons. The third-order valence-corrected chi connectivity index (χ3v) is 8.34. The Morgan fingerprint density at radius 1 is 0.702 bits per heavy atom. The summed E-state index contributed by atoms with van der Waals surface area (Å²) in [6.07, 6.45) is 0.455. The van der Waals surface area contributed by atoms with E-state index in [-0.39, 0.29) is 30.5 Å². The molecule has 0 aliphatic carbocycles. The largest absolute Gasteiger partial charge is 0.497 e. The number of hydrogen-bond acceptors (Lipinski definition) is 13. The first-order valence-corrected chi connectivity index (χ1v) is 18.7. The predicted octanol–water partition coefficient (Wildman–Crippen LogP) is 7.90. The zero-order chi connectivity index (χ0) is 43.7. The predicted molar refractivity (Wildman–Crippen MR) is 207 cm³/mol. The minimum atomic E-state index is -0.611. The number of ether oxygens (including phenoxy) is 7. The van der Waals surface area contributed by atoms with Crippen molar-refractivity contribution in [3.05, 3.63) is 53.1 Å². The lowest BCUT2D eigenvalue weighted by molar-refractivity contribution is -0.193. The second-order valence-corrected chi connectivity index (χ2v) is 16.2. The van der Waals surface area contributed by atoms with Crippen molar-refractivity contribution >= 4 is 24.5 Å². The maximum atomic E-state index is 13.0. The average Bonchev–Trinajstić information content (AvgIpc) is 3.70. The fourth-order valence-corrected chi connectivity index (χ4v) is 6.32. The third kappa shape index (κ3) is 15.8. The highest BCUT2D eigenvalue weighted by Crippen LogP contribution is 2.43. The quantitative estimate of drug-likeness (QED) is 0.240. The summed E-state index contributed by atoms with van der Waals surface area (Å²) in [5, 5.41) is 0. The van der Waals surface area contributed by atoms with Crippen LogP contribution in [-0.4, -0.2) is 92.1 Å². The van der Waals surface area contributed by atoms with Gasteiger partial charge in [-0.25, -0.2) is 9.59 Å². The molecule has 15 nitrogen and oxygen atoms in total. The van der Waals surface area contributed by atoms with Gasteiger partial charge in [0.1, 0.15) is 28.5 Å². The minimum absolute atomic E-state index is 0.0151. The molecule has 57 heavy (non-hydrogen) atoms. The molecule has 4 atom stereocenters. The van der Waals surface area contributed by atoms with Gasteiger partial charge in [0.05, 0.1) is 52.2 Å². The van der Waals surface area contributed by atoms with E-state index in [1.54, 1.807) is 31.1 Å². The van der Waals surface area contributed by atoms with E-state index >= 15 is 0 Å². The van der Waals surface area contributed by atoms with Crippen molar-refractivity contribution in [2.45, 2.75) is 125 Å². The Morgan fingerprint density at radius 3 is 1.46 bits per heavy atom. The molecule has 15 heteroatoms. The van der Waals surface area contributed by atoms with Crippen LogP contribution in [0.5, 0.6) is 17.2 Å². The number of carbonyl (C=O) groups excluding carboxylic acids is 6. The van der Waals surface area contributed by atoms with Gasteiger partial charge in [-0.1, -0.05) is 39.8 Å². The van der Waals surface area contributed by atoms with Crippen LogP contribution in [0.4, 0.5) is 9.59 Å². The summed E-state index contributed by atoms with van der Waals surface area (Å²) in [4.78, 5) is 61.8. The smallest absolute Gasteiger partial charge is 0.412 e. The summed E-state index contributed by atoms with van der Waals surface area (Å²) >= 11 is 0. The van der Waals surface area contributed by atoms with Gasteiger partial charge in [0, 0.05) is 5.56 Å². The van der Waals surface area contributed by atoms with Crippen LogP contribution in [0.2, 0.25) is 0 Å². The molecule has 0 saturated carbocycles. The maximum absolute atomic E-state index is 13.0. The molecule has 0 spiro atoms. The van der Waals surface area contributed by atoms with Gasteiger partial charge in [-0.2, -0.15) is 19.2 Å². The van der Waals surface area contributed by atoms with Crippen molar-refractivity contribution in [2.24, 2.45) is 11.8 Å². The minimum Gasteiger partial charge on any atom is -0.497 e. The lowest BCUT2D eigenvalue weighted by Crippen LogP contribution is -2.42. The van der Waals surface area contributed by atoms with Gasteiger partial charge in [0.25, 0.3) is 0 Å². The number of rotatable bonds is 9. The van der Waals surface area contributed by atoms with Crippen molar-refractivity contribution in [2.75, 3.05) is 34.5 Å². The first-order valence-electron chi connectivity index (χ1n) is 18.7. The van der Waals surface area contributed by atoms with E-state index in [0.29, 0.717) is 42.1 Å². The molecule has 318 valence electrons. The Labute approximate surface area is 337 Å². The van der Waals surface area contributed by atoms with E-state index < -0.39 is 29.8 Å². The van der Waals surface area contributed by atoms with Crippen LogP contribution in [-0.2, 0) is 38.1 Å². The van der Waals surface area contributed by atoms with Gasteiger partial charge in [0.2, 0.25) is 0 Å². The molecule has 0 N–H and O–H groups in total. The second kappa shape index (κ2) is 23.3. The van der Waals surface area contributed by atoms with Crippen LogP contribution < -0.4 is 14.2 Å². The van der Waals surface area contributed by atoms with E-state index in [1.807, 2.05) is 84.9 Å². The number of carbonyl (C=O) groups is 2. The number of hydrogen-bond donors (Lipinski definition) is 0. The van der Waals surface area contributed by atoms with E-state index in [1.165, 1.54) is 0 Å². The number of aryl methyl sites for hydroxylation is 1. The SMILES string of the molecule is COc1ccc(C2OCC(CC(C)C)N2C(=O)OC(C)(C)C)c(C)c1.COc1cccc(OC)c1C1OCC(CC(C)C)N1C(=O)OC(C)(C)C.O=C=O.O=C=O. The fourth-order valence-electron chi connectivity index (χ4n) is 6.32. The molecule has 0 bridgehead atoms. The number of nitrogens with zero attached hydrogens (tertiary/aromatic N) is 2. The standard InChI is InChI=1S/C20H31NO5.C20H31NO4.2CO2/c1-13(2)11-14-12-25-18(21(14)19(22)26-20(3,4)5)17-15(23-6)9-8-10-16(17)24-7;1-13(2)10-15-12-24-18(21(15)19(22)25-20(4,5)6)17-9-8-16(23-7)11-14(17)3;2*2-1-3/h8-10,13-14,18H,11-12H2,1-7H3;8-9,11,13,15,18H,10,12H2,1-7H3;;. The van der Waals surface area contributed by atoms with E-state index in [2.05, 4.69) is 27.7 Å². The van der Waals surface area contributed by atoms with Crippen LogP contribution >= 0.6 is 0 Å². The van der Waals surface area contributed by atoms with Crippen molar-refractivity contribution < 1.29 is 61.9 Å². The first kappa shape index (κ1) is 50.1. The molecule has 4 rings (SSSR count). The van der Waals surface area contributed by atoms with E-state index in [9.17, 15) is 9.59 Å². The van der Waals surface area contributed by atoms with Crippen molar-refractivity contribution in [1.29, 1.82) is 0 Å². The monoisotopic (exact) mass is 802 g/mol. The molecule has 2 amide bonds. The van der Waals surface area contributed by atoms with Crippen LogP contribution in [0.25, 0.3) is 0 Å².